The minimum atomic E-state index is -0.517. The Labute approximate surface area is 128 Å². The van der Waals surface area contributed by atoms with Gasteiger partial charge < -0.3 is 4.57 Å². The van der Waals surface area contributed by atoms with Gasteiger partial charge in [0.25, 0.3) is 0 Å². The van der Waals surface area contributed by atoms with Crippen LogP contribution in [0.5, 0.6) is 0 Å². The molecule has 0 aliphatic carbocycles. The molecule has 3 aromatic rings. The van der Waals surface area contributed by atoms with Crippen LogP contribution in [-0.4, -0.2) is 9.55 Å². The molecular weight excluding hydrogens is 277 g/mol. The summed E-state index contributed by atoms with van der Waals surface area (Å²) in [4.78, 5) is 4.44. The van der Waals surface area contributed by atoms with E-state index in [4.69, 9.17) is 5.26 Å². The molecule has 0 amide bonds. The molecule has 0 saturated heterocycles. The van der Waals surface area contributed by atoms with Crippen molar-refractivity contribution in [2.45, 2.75) is 13.8 Å². The standard InChI is InChI=1S/C18H14FN3/c1-12-5-6-13(2)22(12)17-4-3-9-21-18(17)14-7-8-16(19)15(10-14)11-20/h3-10H,1-2H3. The maximum absolute atomic E-state index is 13.5. The third-order valence-electron chi connectivity index (χ3n) is 3.66. The second-order valence-electron chi connectivity index (χ2n) is 5.13. The summed E-state index contributed by atoms with van der Waals surface area (Å²) in [6, 6.07) is 14.3. The SMILES string of the molecule is Cc1ccc(C)n1-c1cccnc1-c1ccc(F)c(C#N)c1. The first-order chi connectivity index (χ1) is 10.6. The van der Waals surface area contributed by atoms with Gasteiger partial charge in [-0.15, -0.1) is 0 Å². The van der Waals surface area contributed by atoms with Crippen LogP contribution in [-0.2, 0) is 0 Å². The zero-order valence-electron chi connectivity index (χ0n) is 12.3. The fourth-order valence-corrected chi connectivity index (χ4v) is 2.61. The highest BCUT2D eigenvalue weighted by Crippen LogP contribution is 2.28. The fraction of sp³-hybridized carbons (Fsp3) is 0.111. The number of aryl methyl sites for hydroxylation is 2. The van der Waals surface area contributed by atoms with Gasteiger partial charge in [0.15, 0.2) is 0 Å². The molecule has 0 aliphatic rings. The van der Waals surface area contributed by atoms with Gasteiger partial charge in [0.2, 0.25) is 0 Å². The second kappa shape index (κ2) is 5.45. The predicted molar refractivity (Wildman–Crippen MR) is 83.1 cm³/mol. The van der Waals surface area contributed by atoms with E-state index in [-0.39, 0.29) is 5.56 Å². The summed E-state index contributed by atoms with van der Waals surface area (Å²) in [6.07, 6.45) is 1.70. The minimum absolute atomic E-state index is 0.0232. The number of nitriles is 1. The number of halogens is 1. The van der Waals surface area contributed by atoms with E-state index in [2.05, 4.69) is 9.55 Å². The van der Waals surface area contributed by atoms with E-state index in [0.717, 1.165) is 28.3 Å². The molecule has 0 spiro atoms. The Morgan fingerprint density at radius 3 is 2.50 bits per heavy atom. The minimum Gasteiger partial charge on any atom is -0.316 e. The van der Waals surface area contributed by atoms with Crippen LogP contribution in [0.2, 0.25) is 0 Å². The highest BCUT2D eigenvalue weighted by Gasteiger charge is 2.13. The molecule has 108 valence electrons. The molecule has 0 saturated carbocycles. The van der Waals surface area contributed by atoms with Gasteiger partial charge in [0, 0.05) is 23.1 Å². The third-order valence-corrected chi connectivity index (χ3v) is 3.66. The number of pyridine rings is 1. The number of hydrogen-bond acceptors (Lipinski definition) is 2. The van der Waals surface area contributed by atoms with Crippen LogP contribution in [0.1, 0.15) is 17.0 Å². The first-order valence-corrected chi connectivity index (χ1v) is 6.92. The lowest BCUT2D eigenvalue weighted by atomic mass is 10.1. The first-order valence-electron chi connectivity index (χ1n) is 6.92. The van der Waals surface area contributed by atoms with Crippen LogP contribution in [0.4, 0.5) is 4.39 Å². The van der Waals surface area contributed by atoms with E-state index in [1.807, 2.05) is 44.2 Å². The Morgan fingerprint density at radius 2 is 1.82 bits per heavy atom. The maximum atomic E-state index is 13.5. The van der Waals surface area contributed by atoms with Gasteiger partial charge >= 0.3 is 0 Å². The lowest BCUT2D eigenvalue weighted by Crippen LogP contribution is -2.02. The number of hydrogen-bond donors (Lipinski definition) is 0. The van der Waals surface area contributed by atoms with Crippen LogP contribution in [0.25, 0.3) is 16.9 Å². The largest absolute Gasteiger partial charge is 0.316 e. The third kappa shape index (κ3) is 2.27. The Hall–Kier alpha value is -2.93. The molecule has 0 bridgehead atoms. The summed E-state index contributed by atoms with van der Waals surface area (Å²) in [7, 11) is 0. The quantitative estimate of drug-likeness (QED) is 0.711. The van der Waals surface area contributed by atoms with Gasteiger partial charge in [0.1, 0.15) is 11.9 Å². The van der Waals surface area contributed by atoms with Gasteiger partial charge in [-0.2, -0.15) is 5.26 Å². The average Bonchev–Trinajstić information content (AvgIpc) is 2.87. The molecule has 3 nitrogen and oxygen atoms in total. The van der Waals surface area contributed by atoms with Gasteiger partial charge in [0.05, 0.1) is 16.9 Å². The molecule has 2 aromatic heterocycles. The van der Waals surface area contributed by atoms with Crippen LogP contribution in [0.3, 0.4) is 0 Å². The van der Waals surface area contributed by atoms with E-state index in [1.165, 1.54) is 12.1 Å². The molecule has 4 heteroatoms. The average molecular weight is 291 g/mol. The molecule has 0 fully saturated rings. The number of aromatic nitrogens is 2. The Kier molecular flexibility index (Phi) is 3.48. The smallest absolute Gasteiger partial charge is 0.140 e. The summed E-state index contributed by atoms with van der Waals surface area (Å²) in [5, 5.41) is 9.02. The van der Waals surface area contributed by atoms with Gasteiger partial charge in [-0.25, -0.2) is 4.39 Å². The molecule has 0 N–H and O–H groups in total. The molecule has 22 heavy (non-hydrogen) atoms. The highest BCUT2D eigenvalue weighted by atomic mass is 19.1. The Bertz CT molecular complexity index is 868. The van der Waals surface area contributed by atoms with Crippen LogP contribution >= 0.6 is 0 Å². The predicted octanol–water partition coefficient (Wildman–Crippen LogP) is 4.17. The molecule has 0 radical (unpaired) electrons. The summed E-state index contributed by atoms with van der Waals surface area (Å²) >= 11 is 0. The summed E-state index contributed by atoms with van der Waals surface area (Å²) in [6.45, 7) is 4.05. The molecule has 3 rings (SSSR count). The zero-order valence-corrected chi connectivity index (χ0v) is 12.3. The van der Waals surface area contributed by atoms with E-state index in [9.17, 15) is 4.39 Å². The Balaban J connectivity index is 2.24. The molecule has 0 atom stereocenters. The fourth-order valence-electron chi connectivity index (χ4n) is 2.61. The molecule has 0 aliphatic heterocycles. The molecule has 0 unspecified atom stereocenters. The zero-order chi connectivity index (χ0) is 15.7. The van der Waals surface area contributed by atoms with E-state index >= 15 is 0 Å². The van der Waals surface area contributed by atoms with Crippen molar-refractivity contribution in [2.24, 2.45) is 0 Å². The van der Waals surface area contributed by atoms with Crippen LogP contribution < -0.4 is 0 Å². The maximum Gasteiger partial charge on any atom is 0.140 e. The second-order valence-corrected chi connectivity index (χ2v) is 5.13. The van der Waals surface area contributed by atoms with Crippen LogP contribution in [0, 0.1) is 31.0 Å². The van der Waals surface area contributed by atoms with Gasteiger partial charge in [-0.05, 0) is 56.3 Å². The lowest BCUT2D eigenvalue weighted by Gasteiger charge is -2.14. The molecule has 1 aromatic carbocycles. The number of rotatable bonds is 2. The van der Waals surface area contributed by atoms with Crippen molar-refractivity contribution >= 4 is 0 Å². The van der Waals surface area contributed by atoms with Crippen molar-refractivity contribution in [2.75, 3.05) is 0 Å². The number of benzene rings is 1. The van der Waals surface area contributed by atoms with E-state index in [0.29, 0.717) is 0 Å². The van der Waals surface area contributed by atoms with Crippen molar-refractivity contribution in [1.82, 2.24) is 9.55 Å². The first kappa shape index (κ1) is 14.0. The summed E-state index contributed by atoms with van der Waals surface area (Å²) in [5.74, 6) is -0.517. The normalized spacial score (nSPS) is 10.5. The van der Waals surface area contributed by atoms with Crippen LogP contribution in [0.15, 0.2) is 48.7 Å². The number of nitrogens with zero attached hydrogens (tertiary/aromatic N) is 3. The van der Waals surface area contributed by atoms with E-state index < -0.39 is 5.82 Å². The topological polar surface area (TPSA) is 41.6 Å². The Morgan fingerprint density at radius 1 is 1.09 bits per heavy atom. The lowest BCUT2D eigenvalue weighted by molar-refractivity contribution is 0.624. The van der Waals surface area contributed by atoms with Crippen molar-refractivity contribution in [3.63, 3.8) is 0 Å². The van der Waals surface area contributed by atoms with Crippen molar-refractivity contribution in [3.05, 3.63) is 71.4 Å². The van der Waals surface area contributed by atoms with Gasteiger partial charge in [-0.3, -0.25) is 4.98 Å². The monoisotopic (exact) mass is 291 g/mol. The molecular formula is C18H14FN3. The summed E-state index contributed by atoms with van der Waals surface area (Å²) in [5.41, 5.74) is 4.57. The summed E-state index contributed by atoms with van der Waals surface area (Å²) < 4.78 is 15.6. The van der Waals surface area contributed by atoms with Crippen molar-refractivity contribution in [1.29, 1.82) is 5.26 Å². The highest BCUT2D eigenvalue weighted by molar-refractivity contribution is 5.70. The van der Waals surface area contributed by atoms with Crippen molar-refractivity contribution in [3.8, 4) is 23.0 Å². The van der Waals surface area contributed by atoms with Gasteiger partial charge in [-0.1, -0.05) is 0 Å². The van der Waals surface area contributed by atoms with Crippen molar-refractivity contribution < 1.29 is 4.39 Å². The molecule has 2 heterocycles. The van der Waals surface area contributed by atoms with E-state index in [1.54, 1.807) is 12.3 Å².